The Labute approximate surface area is 311 Å². The predicted molar refractivity (Wildman–Crippen MR) is 222 cm³/mol. The Morgan fingerprint density at radius 2 is 1.13 bits per heavy atom. The van der Waals surface area contributed by atoms with Crippen LogP contribution >= 0.6 is 0 Å². The van der Waals surface area contributed by atoms with E-state index in [0.717, 1.165) is 72.0 Å². The van der Waals surface area contributed by atoms with Crippen LogP contribution in [0.4, 0.5) is 0 Å². The van der Waals surface area contributed by atoms with Gasteiger partial charge in [0.05, 0.1) is 11.0 Å². The molecule has 0 amide bonds. The lowest BCUT2D eigenvalue weighted by atomic mass is 10.0. The van der Waals surface area contributed by atoms with Crippen molar-refractivity contribution in [2.45, 2.75) is 0 Å². The topological polar surface area (TPSA) is 56.7 Å². The van der Waals surface area contributed by atoms with Gasteiger partial charge in [-0.05, 0) is 59.2 Å². The summed E-state index contributed by atoms with van der Waals surface area (Å²) in [6.45, 7) is 3.88. The van der Waals surface area contributed by atoms with Crippen molar-refractivity contribution in [3.63, 3.8) is 0 Å². The lowest BCUT2D eigenvalue weighted by Crippen LogP contribution is -2.00. The highest BCUT2D eigenvalue weighted by Crippen LogP contribution is 2.39. The van der Waals surface area contributed by atoms with E-state index in [9.17, 15) is 0 Å². The average Bonchev–Trinajstić information content (AvgIpc) is 3.79. The van der Waals surface area contributed by atoms with E-state index in [1.807, 2.05) is 84.9 Å². The van der Waals surface area contributed by atoms with E-state index >= 15 is 0 Å². The van der Waals surface area contributed by atoms with E-state index in [-0.39, 0.29) is 0 Å². The van der Waals surface area contributed by atoms with Gasteiger partial charge in [-0.2, -0.15) is 0 Å². The van der Waals surface area contributed by atoms with Crippen LogP contribution in [0.2, 0.25) is 0 Å². The maximum absolute atomic E-state index is 6.58. The molecule has 5 nitrogen and oxygen atoms in total. The normalized spacial score (nSPS) is 11.7. The minimum atomic E-state index is 0.599. The lowest BCUT2D eigenvalue weighted by Gasteiger charge is -2.11. The highest BCUT2D eigenvalue weighted by molar-refractivity contribution is 6.14. The van der Waals surface area contributed by atoms with Gasteiger partial charge in [-0.1, -0.05) is 146 Å². The zero-order valence-corrected chi connectivity index (χ0v) is 29.2. The molecule has 254 valence electrons. The zero-order valence-electron chi connectivity index (χ0n) is 29.2. The van der Waals surface area contributed by atoms with Crippen LogP contribution in [0, 0.1) is 0 Å². The van der Waals surface area contributed by atoms with Crippen LogP contribution in [0.5, 0.6) is 0 Å². The van der Waals surface area contributed by atoms with Gasteiger partial charge in [0.1, 0.15) is 11.2 Å². The molecule has 0 aliphatic rings. The third-order valence-electron chi connectivity index (χ3n) is 10.0. The second-order valence-corrected chi connectivity index (χ2v) is 13.3. The van der Waals surface area contributed by atoms with Gasteiger partial charge in [0, 0.05) is 43.9 Å². The fourth-order valence-electron chi connectivity index (χ4n) is 7.58. The van der Waals surface area contributed by atoms with Crippen molar-refractivity contribution in [2.24, 2.45) is 0 Å². The van der Waals surface area contributed by atoms with E-state index in [0.29, 0.717) is 17.5 Å². The summed E-state index contributed by atoms with van der Waals surface area (Å²) in [5.74, 6) is 1.85. The molecule has 0 spiro atoms. The van der Waals surface area contributed by atoms with Crippen molar-refractivity contribution in [2.75, 3.05) is 0 Å². The molecule has 10 rings (SSSR count). The van der Waals surface area contributed by atoms with Crippen LogP contribution in [0.3, 0.4) is 0 Å². The van der Waals surface area contributed by atoms with E-state index in [4.69, 9.17) is 19.4 Å². The number of hydrogen-bond donors (Lipinski definition) is 0. The van der Waals surface area contributed by atoms with E-state index in [1.54, 1.807) is 0 Å². The molecule has 0 atom stereocenters. The van der Waals surface area contributed by atoms with Crippen molar-refractivity contribution in [3.8, 4) is 51.0 Å². The Morgan fingerprint density at radius 1 is 0.481 bits per heavy atom. The highest BCUT2D eigenvalue weighted by Gasteiger charge is 2.19. The molecule has 0 fully saturated rings. The summed E-state index contributed by atoms with van der Waals surface area (Å²) >= 11 is 0. The fourth-order valence-corrected chi connectivity index (χ4v) is 7.58. The predicted octanol–water partition coefficient (Wildman–Crippen LogP) is 12.7. The molecular formula is C49H32N4O. The van der Waals surface area contributed by atoms with Crippen LogP contribution in [0.15, 0.2) is 187 Å². The standard InChI is InChI=1S/C49H32N4O/c1-2-3-15-32-20-13-26-42-45(32)38-23-10-11-25-41(38)53(42)37-22-12-21-35(30-37)36-28-29-39-44(31-36)54-43-27-14-24-40(46(39)43)49-51-47(33-16-6-4-7-17-33)50-48(52-49)34-18-8-5-9-19-34/h2-31H,1H2/b15-3-. The molecule has 0 aliphatic heterocycles. The molecule has 5 heteroatoms. The molecule has 3 heterocycles. The van der Waals surface area contributed by atoms with Gasteiger partial charge in [-0.25, -0.2) is 15.0 Å². The summed E-state index contributed by atoms with van der Waals surface area (Å²) in [6, 6.07) is 56.5. The lowest BCUT2D eigenvalue weighted by molar-refractivity contribution is 0.669. The Kier molecular flexibility index (Phi) is 7.55. The maximum Gasteiger partial charge on any atom is 0.164 e. The van der Waals surface area contributed by atoms with Gasteiger partial charge in [-0.15, -0.1) is 0 Å². The Bertz CT molecular complexity index is 3010. The summed E-state index contributed by atoms with van der Waals surface area (Å²) in [4.78, 5) is 14.9. The molecule has 0 unspecified atom stereocenters. The molecule has 0 radical (unpaired) electrons. The summed E-state index contributed by atoms with van der Waals surface area (Å²) in [6.07, 6.45) is 5.94. The van der Waals surface area contributed by atoms with Crippen LogP contribution in [0.1, 0.15) is 5.56 Å². The van der Waals surface area contributed by atoms with Crippen molar-refractivity contribution in [1.29, 1.82) is 0 Å². The first kappa shape index (κ1) is 31.4. The number of para-hydroxylation sites is 1. The van der Waals surface area contributed by atoms with Gasteiger partial charge in [-0.3, -0.25) is 0 Å². The van der Waals surface area contributed by atoms with E-state index in [1.165, 1.54) is 10.8 Å². The van der Waals surface area contributed by atoms with Gasteiger partial charge >= 0.3 is 0 Å². The maximum atomic E-state index is 6.58. The molecule has 3 aromatic heterocycles. The average molecular weight is 693 g/mol. The molecule has 0 saturated heterocycles. The number of fused-ring (bicyclic) bond motifs is 6. The van der Waals surface area contributed by atoms with Gasteiger partial charge in [0.25, 0.3) is 0 Å². The molecule has 54 heavy (non-hydrogen) atoms. The summed E-state index contributed by atoms with van der Waals surface area (Å²) in [5.41, 5.74) is 11.1. The third-order valence-corrected chi connectivity index (χ3v) is 10.0. The van der Waals surface area contributed by atoms with Crippen LogP contribution < -0.4 is 0 Å². The molecule has 0 saturated carbocycles. The summed E-state index contributed by atoms with van der Waals surface area (Å²) in [7, 11) is 0. The Balaban J connectivity index is 1.10. The Hall–Kier alpha value is -7.37. The molecule has 0 bridgehead atoms. The van der Waals surface area contributed by atoms with E-state index < -0.39 is 0 Å². The van der Waals surface area contributed by atoms with Crippen molar-refractivity contribution < 1.29 is 4.42 Å². The smallest absolute Gasteiger partial charge is 0.164 e. The minimum absolute atomic E-state index is 0.599. The molecule has 0 aliphatic carbocycles. The second kappa shape index (κ2) is 13.0. The van der Waals surface area contributed by atoms with Gasteiger partial charge < -0.3 is 8.98 Å². The number of rotatable bonds is 7. The van der Waals surface area contributed by atoms with Gasteiger partial charge in [0.15, 0.2) is 17.5 Å². The molecule has 7 aromatic carbocycles. The largest absolute Gasteiger partial charge is 0.456 e. The minimum Gasteiger partial charge on any atom is -0.456 e. The van der Waals surface area contributed by atoms with Crippen LogP contribution in [-0.4, -0.2) is 19.5 Å². The number of aromatic nitrogens is 4. The first-order valence-corrected chi connectivity index (χ1v) is 18.0. The number of nitrogens with zero attached hydrogens (tertiary/aromatic N) is 4. The first-order chi connectivity index (χ1) is 26.7. The zero-order chi connectivity index (χ0) is 36.0. The SMILES string of the molecule is C=C/C=C\c1cccc2c1c1ccccc1n2-c1cccc(-c2ccc3c(c2)oc2cccc(-c4nc(-c5ccccc5)nc(-c5ccccc5)n4)c23)c1. The number of hydrogen-bond acceptors (Lipinski definition) is 4. The monoisotopic (exact) mass is 692 g/mol. The fraction of sp³-hybridized carbons (Fsp3) is 0. The van der Waals surface area contributed by atoms with E-state index in [2.05, 4.69) is 108 Å². The van der Waals surface area contributed by atoms with Crippen LogP contribution in [-0.2, 0) is 0 Å². The highest BCUT2D eigenvalue weighted by atomic mass is 16.3. The van der Waals surface area contributed by atoms with Crippen LogP contribution in [0.25, 0.3) is 101 Å². The first-order valence-electron chi connectivity index (χ1n) is 18.0. The number of benzene rings is 7. The van der Waals surface area contributed by atoms with Crippen molar-refractivity contribution in [3.05, 3.63) is 188 Å². The third kappa shape index (κ3) is 5.30. The Morgan fingerprint density at radius 3 is 1.91 bits per heavy atom. The number of allylic oxidation sites excluding steroid dienone is 2. The van der Waals surface area contributed by atoms with Crippen molar-refractivity contribution in [1.82, 2.24) is 19.5 Å². The summed E-state index contributed by atoms with van der Waals surface area (Å²) < 4.78 is 8.93. The van der Waals surface area contributed by atoms with Crippen molar-refractivity contribution >= 4 is 49.8 Å². The second-order valence-electron chi connectivity index (χ2n) is 13.3. The summed E-state index contributed by atoms with van der Waals surface area (Å²) in [5, 5.41) is 4.42. The van der Waals surface area contributed by atoms with Gasteiger partial charge in [0.2, 0.25) is 0 Å². The molecular weight excluding hydrogens is 661 g/mol. The molecule has 10 aromatic rings. The number of furan rings is 1. The quantitative estimate of drug-likeness (QED) is 0.156. The molecule has 0 N–H and O–H groups in total.